The number of fused-ring (bicyclic) bond motifs is 1. The van der Waals surface area contributed by atoms with Crippen LogP contribution >= 0.6 is 11.3 Å². The average Bonchev–Trinajstić information content (AvgIpc) is 3.25. The Kier molecular flexibility index (Phi) is 6.23. The van der Waals surface area contributed by atoms with E-state index in [2.05, 4.69) is 34.1 Å². The van der Waals surface area contributed by atoms with Crippen molar-refractivity contribution in [2.24, 2.45) is 0 Å². The smallest absolute Gasteiger partial charge is 0.279 e. The number of ether oxygens (including phenoxy) is 1. The lowest BCUT2D eigenvalue weighted by Crippen LogP contribution is -2.44. The molecular weight excluding hydrogens is 450 g/mol. The van der Waals surface area contributed by atoms with Crippen LogP contribution in [0, 0.1) is 0 Å². The Morgan fingerprint density at radius 2 is 1.74 bits per heavy atom. The summed E-state index contributed by atoms with van der Waals surface area (Å²) in [5, 5.41) is 10.7. The minimum atomic E-state index is -0.407. The highest BCUT2D eigenvalue weighted by atomic mass is 32.1. The minimum Gasteiger partial charge on any atom is -0.373 e. The van der Waals surface area contributed by atoms with Crippen LogP contribution in [0.15, 0.2) is 64.8 Å². The van der Waals surface area contributed by atoms with Crippen molar-refractivity contribution < 1.29 is 9.53 Å². The standard InChI is InChI=1S/C25H25N5O3S/c1-16-12-29(13-17(2)33-16)14-18-15-34-25(26-18)27-23(31)22-20-10-6-7-11-21(20)24(32)30(28-22)19-8-4-3-5-9-19/h3-11,15-17H,12-14H2,1-2H3,(H,26,27,31). The fourth-order valence-corrected chi connectivity index (χ4v) is 5.03. The topological polar surface area (TPSA) is 89.4 Å². The second-order valence-corrected chi connectivity index (χ2v) is 9.35. The highest BCUT2D eigenvalue weighted by molar-refractivity contribution is 7.14. The minimum absolute atomic E-state index is 0.173. The van der Waals surface area contributed by atoms with Crippen molar-refractivity contribution in [1.29, 1.82) is 0 Å². The van der Waals surface area contributed by atoms with Crippen LogP contribution in [0.5, 0.6) is 0 Å². The Labute approximate surface area is 200 Å². The Hall–Kier alpha value is -3.40. The molecule has 4 aromatic rings. The monoisotopic (exact) mass is 475 g/mol. The van der Waals surface area contributed by atoms with Gasteiger partial charge in [0.15, 0.2) is 10.8 Å². The van der Waals surface area contributed by atoms with E-state index >= 15 is 0 Å². The second kappa shape index (κ2) is 9.46. The van der Waals surface area contributed by atoms with Crippen molar-refractivity contribution in [3.05, 3.63) is 81.7 Å². The second-order valence-electron chi connectivity index (χ2n) is 8.50. The summed E-state index contributed by atoms with van der Waals surface area (Å²) in [7, 11) is 0. The third kappa shape index (κ3) is 4.63. The van der Waals surface area contributed by atoms with E-state index in [-0.39, 0.29) is 23.5 Å². The van der Waals surface area contributed by atoms with Gasteiger partial charge in [-0.2, -0.15) is 9.78 Å². The summed E-state index contributed by atoms with van der Waals surface area (Å²) < 4.78 is 7.07. The fraction of sp³-hybridized carbons (Fsp3) is 0.280. The molecule has 1 aliphatic heterocycles. The third-order valence-electron chi connectivity index (χ3n) is 5.67. The van der Waals surface area contributed by atoms with Gasteiger partial charge in [-0.1, -0.05) is 36.4 Å². The number of hydrogen-bond donors (Lipinski definition) is 1. The number of anilines is 1. The van der Waals surface area contributed by atoms with E-state index in [9.17, 15) is 9.59 Å². The van der Waals surface area contributed by atoms with Crippen LogP contribution in [0.2, 0.25) is 0 Å². The summed E-state index contributed by atoms with van der Waals surface area (Å²) in [6.45, 7) is 6.54. The first kappa shape index (κ1) is 22.4. The van der Waals surface area contributed by atoms with Gasteiger partial charge >= 0.3 is 0 Å². The SMILES string of the molecule is CC1CN(Cc2csc(NC(=O)c3nn(-c4ccccc4)c(=O)c4ccccc34)n2)CC(C)O1. The molecule has 0 bridgehead atoms. The van der Waals surface area contributed by atoms with Crippen molar-refractivity contribution in [3.8, 4) is 5.69 Å². The molecule has 0 aliphatic carbocycles. The molecule has 2 aromatic heterocycles. The van der Waals surface area contributed by atoms with E-state index in [1.165, 1.54) is 16.0 Å². The predicted octanol–water partition coefficient (Wildman–Crippen LogP) is 3.70. The molecule has 1 fully saturated rings. The first-order valence-corrected chi connectivity index (χ1v) is 12.1. The molecule has 2 unspecified atom stereocenters. The van der Waals surface area contributed by atoms with E-state index in [4.69, 9.17) is 4.74 Å². The predicted molar refractivity (Wildman–Crippen MR) is 133 cm³/mol. The summed E-state index contributed by atoms with van der Waals surface area (Å²) in [5.74, 6) is -0.407. The van der Waals surface area contributed by atoms with E-state index in [0.29, 0.717) is 28.1 Å². The summed E-state index contributed by atoms with van der Waals surface area (Å²) in [6, 6.07) is 16.1. The van der Waals surface area contributed by atoms with Crippen LogP contribution in [0.25, 0.3) is 16.5 Å². The number of amides is 1. The zero-order valence-corrected chi connectivity index (χ0v) is 19.8. The van der Waals surface area contributed by atoms with Gasteiger partial charge in [-0.05, 0) is 32.0 Å². The van der Waals surface area contributed by atoms with Gasteiger partial charge in [0.05, 0.1) is 29.0 Å². The van der Waals surface area contributed by atoms with Crippen molar-refractivity contribution >= 4 is 33.1 Å². The lowest BCUT2D eigenvalue weighted by atomic mass is 10.1. The lowest BCUT2D eigenvalue weighted by Gasteiger charge is -2.34. The third-order valence-corrected chi connectivity index (χ3v) is 6.48. The highest BCUT2D eigenvalue weighted by Crippen LogP contribution is 2.21. The fourth-order valence-electron chi connectivity index (χ4n) is 4.34. The Bertz CT molecular complexity index is 1370. The number of nitrogens with one attached hydrogen (secondary N) is 1. The molecule has 9 heteroatoms. The Morgan fingerprint density at radius 3 is 2.47 bits per heavy atom. The summed E-state index contributed by atoms with van der Waals surface area (Å²) in [4.78, 5) is 33.2. The summed E-state index contributed by atoms with van der Waals surface area (Å²) in [6.07, 6.45) is 0.363. The number of thiazole rings is 1. The molecule has 174 valence electrons. The van der Waals surface area contributed by atoms with Gasteiger partial charge in [0.25, 0.3) is 11.5 Å². The average molecular weight is 476 g/mol. The van der Waals surface area contributed by atoms with Gasteiger partial charge in [0, 0.05) is 30.4 Å². The number of carbonyl (C=O) groups is 1. The maximum Gasteiger partial charge on any atom is 0.279 e. The number of aromatic nitrogens is 3. The molecule has 2 atom stereocenters. The molecule has 1 N–H and O–H groups in total. The quantitative estimate of drug-likeness (QED) is 0.473. The van der Waals surface area contributed by atoms with Crippen LogP contribution < -0.4 is 10.9 Å². The van der Waals surface area contributed by atoms with Crippen LogP contribution in [0.3, 0.4) is 0 Å². The molecule has 5 rings (SSSR count). The van der Waals surface area contributed by atoms with Gasteiger partial charge in [-0.25, -0.2) is 4.98 Å². The molecule has 0 radical (unpaired) electrons. The maximum atomic E-state index is 13.3. The van der Waals surface area contributed by atoms with E-state index in [0.717, 1.165) is 18.8 Å². The number of hydrogen-bond acceptors (Lipinski definition) is 7. The normalized spacial score (nSPS) is 18.8. The molecule has 2 aromatic carbocycles. The van der Waals surface area contributed by atoms with Crippen molar-refractivity contribution in [3.63, 3.8) is 0 Å². The number of benzene rings is 2. The van der Waals surface area contributed by atoms with E-state index in [1.807, 2.05) is 23.6 Å². The van der Waals surface area contributed by atoms with Crippen LogP contribution in [0.1, 0.15) is 30.0 Å². The number of rotatable bonds is 5. The van der Waals surface area contributed by atoms with Crippen LogP contribution in [-0.2, 0) is 11.3 Å². The van der Waals surface area contributed by atoms with Crippen molar-refractivity contribution in [2.45, 2.75) is 32.6 Å². The number of nitrogens with zero attached hydrogens (tertiary/aromatic N) is 4. The molecule has 0 spiro atoms. The molecule has 0 saturated carbocycles. The van der Waals surface area contributed by atoms with Gasteiger partial charge < -0.3 is 4.74 Å². The Balaban J connectivity index is 1.41. The Morgan fingerprint density at radius 1 is 1.06 bits per heavy atom. The van der Waals surface area contributed by atoms with E-state index in [1.54, 1.807) is 36.4 Å². The number of carbonyl (C=O) groups excluding carboxylic acids is 1. The first-order chi connectivity index (χ1) is 16.5. The molecular formula is C25H25N5O3S. The van der Waals surface area contributed by atoms with Gasteiger partial charge in [0.2, 0.25) is 0 Å². The van der Waals surface area contributed by atoms with Gasteiger partial charge in [0.1, 0.15) is 0 Å². The molecule has 8 nitrogen and oxygen atoms in total. The molecule has 3 heterocycles. The van der Waals surface area contributed by atoms with Gasteiger partial charge in [-0.15, -0.1) is 11.3 Å². The van der Waals surface area contributed by atoms with Crippen LogP contribution in [-0.4, -0.2) is 50.9 Å². The van der Waals surface area contributed by atoms with Gasteiger partial charge in [-0.3, -0.25) is 19.8 Å². The number of para-hydroxylation sites is 1. The lowest BCUT2D eigenvalue weighted by molar-refractivity contribution is -0.0707. The zero-order valence-electron chi connectivity index (χ0n) is 19.0. The van der Waals surface area contributed by atoms with Crippen molar-refractivity contribution in [2.75, 3.05) is 18.4 Å². The molecule has 1 amide bonds. The van der Waals surface area contributed by atoms with Crippen molar-refractivity contribution in [1.82, 2.24) is 19.7 Å². The maximum absolute atomic E-state index is 13.3. The van der Waals surface area contributed by atoms with Crippen LogP contribution in [0.4, 0.5) is 5.13 Å². The van der Waals surface area contributed by atoms with E-state index < -0.39 is 5.91 Å². The summed E-state index contributed by atoms with van der Waals surface area (Å²) in [5.41, 5.74) is 1.39. The largest absolute Gasteiger partial charge is 0.373 e. The zero-order chi connectivity index (χ0) is 23.7. The molecule has 1 saturated heterocycles. The number of morpholine rings is 1. The molecule has 34 heavy (non-hydrogen) atoms. The first-order valence-electron chi connectivity index (χ1n) is 11.2. The summed E-state index contributed by atoms with van der Waals surface area (Å²) >= 11 is 1.37. The molecule has 1 aliphatic rings. The highest BCUT2D eigenvalue weighted by Gasteiger charge is 2.23.